The molecule has 0 heterocycles. The lowest BCUT2D eigenvalue weighted by Crippen LogP contribution is -2.41. The third-order valence-corrected chi connectivity index (χ3v) is 8.47. The second-order valence-electron chi connectivity index (χ2n) is 11.5. The van der Waals surface area contributed by atoms with Crippen molar-refractivity contribution in [3.63, 3.8) is 0 Å². The Bertz CT molecular complexity index is 1220. The first-order chi connectivity index (χ1) is 18.7. The Labute approximate surface area is 237 Å². The highest BCUT2D eigenvalue weighted by Gasteiger charge is 2.27. The number of rotatable bonds is 14. The number of halogens is 1. The Morgan fingerprint density at radius 2 is 1.72 bits per heavy atom. The Morgan fingerprint density at radius 3 is 2.36 bits per heavy atom. The number of carbonyl (C=O) groups is 1. The molecular formula is C33H41FN2O2S. The minimum Gasteiger partial charge on any atom is -0.481 e. The van der Waals surface area contributed by atoms with Crippen LogP contribution in [-0.2, 0) is 24.1 Å². The molecule has 0 bridgehead atoms. The van der Waals surface area contributed by atoms with Gasteiger partial charge in [0.2, 0.25) is 0 Å². The maximum absolute atomic E-state index is 14.8. The van der Waals surface area contributed by atoms with Gasteiger partial charge < -0.3 is 10.4 Å². The zero-order valence-electron chi connectivity index (χ0n) is 23.4. The molecule has 0 radical (unpaired) electrons. The van der Waals surface area contributed by atoms with E-state index in [0.717, 1.165) is 48.7 Å². The molecule has 0 saturated carbocycles. The van der Waals surface area contributed by atoms with Gasteiger partial charge in [-0.1, -0.05) is 61.0 Å². The largest absolute Gasteiger partial charge is 0.481 e. The van der Waals surface area contributed by atoms with Gasteiger partial charge in [-0.15, -0.1) is 0 Å². The summed E-state index contributed by atoms with van der Waals surface area (Å²) < 4.78 is 17.0. The topological polar surface area (TPSA) is 52.6 Å². The molecule has 0 fully saturated rings. The van der Waals surface area contributed by atoms with Crippen LogP contribution in [0.15, 0.2) is 71.6 Å². The van der Waals surface area contributed by atoms with Gasteiger partial charge in [0.1, 0.15) is 5.82 Å². The quantitative estimate of drug-likeness (QED) is 0.162. The fourth-order valence-electron chi connectivity index (χ4n) is 5.64. The highest BCUT2D eigenvalue weighted by atomic mass is 32.2. The van der Waals surface area contributed by atoms with Crippen molar-refractivity contribution in [1.29, 1.82) is 0 Å². The summed E-state index contributed by atoms with van der Waals surface area (Å²) in [7, 11) is 2.05. The van der Waals surface area contributed by atoms with Gasteiger partial charge in [-0.25, -0.2) is 8.70 Å². The standard InChI is InChI=1S/C33H41FN2O2S/c1-33(2,23-25-19-27-9-5-6-10-28(27)20-25)35-17-7-4-8-18-36(3)39-29-15-16-30(31(34)22-29)26-13-11-24(12-14-26)21-32(37)38/h5-6,9-16,22,25,35H,4,7-8,17-21,23H2,1-3H3,(H,37,38). The molecule has 0 saturated heterocycles. The highest BCUT2D eigenvalue weighted by molar-refractivity contribution is 7.97. The van der Waals surface area contributed by atoms with Gasteiger partial charge in [-0.3, -0.25) is 4.79 Å². The fraction of sp³-hybridized carbons (Fsp3) is 0.424. The average Bonchev–Trinajstić information content (AvgIpc) is 3.28. The number of hydrogen-bond donors (Lipinski definition) is 2. The van der Waals surface area contributed by atoms with Crippen molar-refractivity contribution in [3.8, 4) is 11.1 Å². The average molecular weight is 549 g/mol. The molecule has 4 nitrogen and oxygen atoms in total. The molecule has 0 aromatic heterocycles. The normalized spacial score (nSPS) is 13.7. The SMILES string of the molecule is CN(CCCCCNC(C)(C)CC1Cc2ccccc2C1)Sc1ccc(-c2ccc(CC(=O)O)cc2)c(F)c1. The van der Waals surface area contributed by atoms with E-state index in [9.17, 15) is 9.18 Å². The highest BCUT2D eigenvalue weighted by Crippen LogP contribution is 2.32. The summed E-state index contributed by atoms with van der Waals surface area (Å²) in [6, 6.07) is 21.2. The molecule has 0 amide bonds. The van der Waals surface area contributed by atoms with Crippen LogP contribution in [0.3, 0.4) is 0 Å². The van der Waals surface area contributed by atoms with Crippen LogP contribution in [0.25, 0.3) is 11.1 Å². The van der Waals surface area contributed by atoms with Crippen LogP contribution < -0.4 is 5.32 Å². The minimum atomic E-state index is -0.874. The summed E-state index contributed by atoms with van der Waals surface area (Å²) in [5.41, 5.74) is 5.19. The van der Waals surface area contributed by atoms with E-state index in [-0.39, 0.29) is 17.8 Å². The number of nitrogens with one attached hydrogen (secondary N) is 1. The Hall–Kier alpha value is -2.67. The van der Waals surface area contributed by atoms with Crippen LogP contribution in [0.1, 0.15) is 56.2 Å². The first kappa shape index (κ1) is 29.3. The van der Waals surface area contributed by atoms with Crippen molar-refractivity contribution in [2.75, 3.05) is 20.1 Å². The summed E-state index contributed by atoms with van der Waals surface area (Å²) in [4.78, 5) is 11.7. The third-order valence-electron chi connectivity index (χ3n) is 7.51. The molecule has 3 aromatic rings. The zero-order valence-corrected chi connectivity index (χ0v) is 24.2. The molecule has 1 aliphatic carbocycles. The lowest BCUT2D eigenvalue weighted by molar-refractivity contribution is -0.136. The van der Waals surface area contributed by atoms with Crippen molar-refractivity contribution >= 4 is 17.9 Å². The van der Waals surface area contributed by atoms with Crippen molar-refractivity contribution in [2.45, 2.75) is 69.2 Å². The van der Waals surface area contributed by atoms with E-state index in [2.05, 4.69) is 54.8 Å². The third kappa shape index (κ3) is 8.92. The molecule has 0 atom stereocenters. The number of hydrogen-bond acceptors (Lipinski definition) is 4. The number of unbranched alkanes of at least 4 members (excludes halogenated alkanes) is 2. The van der Waals surface area contributed by atoms with Crippen LogP contribution in [0.4, 0.5) is 4.39 Å². The molecule has 2 N–H and O–H groups in total. The van der Waals surface area contributed by atoms with Gasteiger partial charge in [0.25, 0.3) is 0 Å². The predicted molar refractivity (Wildman–Crippen MR) is 160 cm³/mol. The second kappa shape index (κ2) is 13.6. The van der Waals surface area contributed by atoms with Gasteiger partial charge in [0.15, 0.2) is 0 Å². The summed E-state index contributed by atoms with van der Waals surface area (Å²) in [5, 5.41) is 12.7. The lowest BCUT2D eigenvalue weighted by Gasteiger charge is -2.29. The maximum atomic E-state index is 14.8. The fourth-order valence-corrected chi connectivity index (χ4v) is 6.51. The van der Waals surface area contributed by atoms with E-state index in [1.54, 1.807) is 48.3 Å². The summed E-state index contributed by atoms with van der Waals surface area (Å²) >= 11 is 1.56. The van der Waals surface area contributed by atoms with E-state index in [0.29, 0.717) is 11.1 Å². The number of nitrogens with zero attached hydrogens (tertiary/aromatic N) is 1. The van der Waals surface area contributed by atoms with Gasteiger partial charge >= 0.3 is 5.97 Å². The van der Waals surface area contributed by atoms with E-state index < -0.39 is 5.97 Å². The van der Waals surface area contributed by atoms with Gasteiger partial charge in [-0.2, -0.15) is 0 Å². The molecule has 0 spiro atoms. The lowest BCUT2D eigenvalue weighted by atomic mass is 9.88. The minimum absolute atomic E-state index is 0.0325. The molecule has 0 aliphatic heterocycles. The van der Waals surface area contributed by atoms with Crippen molar-refractivity contribution in [2.24, 2.45) is 5.92 Å². The Balaban J connectivity index is 1.13. The monoisotopic (exact) mass is 548 g/mol. The van der Waals surface area contributed by atoms with E-state index in [1.807, 2.05) is 6.07 Å². The molecule has 4 rings (SSSR count). The van der Waals surface area contributed by atoms with Gasteiger partial charge in [0.05, 0.1) is 6.42 Å². The van der Waals surface area contributed by atoms with Crippen LogP contribution in [0.5, 0.6) is 0 Å². The number of aliphatic carboxylic acids is 1. The Morgan fingerprint density at radius 1 is 1.03 bits per heavy atom. The smallest absolute Gasteiger partial charge is 0.307 e. The molecule has 208 valence electrons. The first-order valence-corrected chi connectivity index (χ1v) is 14.8. The van der Waals surface area contributed by atoms with E-state index >= 15 is 0 Å². The summed E-state index contributed by atoms with van der Waals surface area (Å²) in [6.07, 6.45) is 7.00. The van der Waals surface area contributed by atoms with Crippen LogP contribution in [0, 0.1) is 11.7 Å². The van der Waals surface area contributed by atoms with Crippen LogP contribution in [0.2, 0.25) is 0 Å². The summed E-state index contributed by atoms with van der Waals surface area (Å²) in [6.45, 7) is 6.65. The molecular weight excluding hydrogens is 507 g/mol. The molecule has 1 aliphatic rings. The predicted octanol–water partition coefficient (Wildman–Crippen LogP) is 7.40. The van der Waals surface area contributed by atoms with Crippen molar-refractivity contribution < 1.29 is 14.3 Å². The van der Waals surface area contributed by atoms with Crippen LogP contribution >= 0.6 is 11.9 Å². The molecule has 6 heteroatoms. The maximum Gasteiger partial charge on any atom is 0.307 e. The zero-order chi connectivity index (χ0) is 27.8. The van der Waals surface area contributed by atoms with Crippen molar-refractivity contribution in [3.05, 3.63) is 89.2 Å². The Kier molecular flexibility index (Phi) is 10.2. The number of carboxylic acid groups (broad SMARTS) is 1. The molecule has 3 aromatic carbocycles. The van der Waals surface area contributed by atoms with Gasteiger partial charge in [-0.05, 0) is 112 Å². The van der Waals surface area contributed by atoms with Crippen LogP contribution in [-0.4, -0.2) is 41.1 Å². The number of carboxylic acids is 1. The first-order valence-electron chi connectivity index (χ1n) is 14.0. The molecule has 39 heavy (non-hydrogen) atoms. The number of fused-ring (bicyclic) bond motifs is 1. The van der Waals surface area contributed by atoms with Crippen molar-refractivity contribution in [1.82, 2.24) is 9.62 Å². The molecule has 0 unspecified atom stereocenters. The van der Waals surface area contributed by atoms with E-state index in [4.69, 9.17) is 5.11 Å². The van der Waals surface area contributed by atoms with Gasteiger partial charge in [0, 0.05) is 22.5 Å². The van der Waals surface area contributed by atoms with E-state index in [1.165, 1.54) is 30.4 Å². The summed E-state index contributed by atoms with van der Waals surface area (Å²) in [5.74, 6) is -0.407. The second-order valence-corrected chi connectivity index (χ2v) is 12.7. The number of benzene rings is 3.